The monoisotopic (exact) mass is 217 g/mol. The number of nitrogens with one attached hydrogen (secondary N) is 1. The molecule has 0 rings (SSSR count). The SMILES string of the molecule is CCC(C)CC(CSCC(C)C)NC. The molecule has 86 valence electrons. The van der Waals surface area contributed by atoms with E-state index >= 15 is 0 Å². The summed E-state index contributed by atoms with van der Waals surface area (Å²) in [6, 6.07) is 0.702. The van der Waals surface area contributed by atoms with Crippen LogP contribution in [0, 0.1) is 11.8 Å². The van der Waals surface area contributed by atoms with Crippen molar-refractivity contribution in [3.05, 3.63) is 0 Å². The lowest BCUT2D eigenvalue weighted by Gasteiger charge is -2.19. The van der Waals surface area contributed by atoms with Gasteiger partial charge >= 0.3 is 0 Å². The molecule has 0 radical (unpaired) electrons. The predicted octanol–water partition coefficient (Wildman–Crippen LogP) is 3.40. The maximum atomic E-state index is 3.42. The van der Waals surface area contributed by atoms with E-state index in [0.29, 0.717) is 6.04 Å². The largest absolute Gasteiger partial charge is 0.316 e. The summed E-state index contributed by atoms with van der Waals surface area (Å²) in [5.41, 5.74) is 0. The first kappa shape index (κ1) is 14.3. The zero-order valence-electron chi connectivity index (χ0n) is 10.5. The van der Waals surface area contributed by atoms with Crippen molar-refractivity contribution in [2.75, 3.05) is 18.6 Å². The van der Waals surface area contributed by atoms with Crippen LogP contribution in [0.3, 0.4) is 0 Å². The number of hydrogen-bond acceptors (Lipinski definition) is 2. The zero-order chi connectivity index (χ0) is 11.0. The average Bonchev–Trinajstić information content (AvgIpc) is 2.15. The van der Waals surface area contributed by atoms with Crippen LogP contribution in [0.15, 0.2) is 0 Å². The van der Waals surface area contributed by atoms with Gasteiger partial charge in [0.15, 0.2) is 0 Å². The highest BCUT2D eigenvalue weighted by atomic mass is 32.2. The maximum absolute atomic E-state index is 3.42. The lowest BCUT2D eigenvalue weighted by Crippen LogP contribution is -2.29. The van der Waals surface area contributed by atoms with Gasteiger partial charge in [0.05, 0.1) is 0 Å². The normalized spacial score (nSPS) is 15.9. The molecule has 2 atom stereocenters. The molecule has 0 aliphatic carbocycles. The summed E-state index contributed by atoms with van der Waals surface area (Å²) in [5, 5.41) is 3.42. The van der Waals surface area contributed by atoms with Crippen molar-refractivity contribution >= 4 is 11.8 Å². The van der Waals surface area contributed by atoms with E-state index in [1.165, 1.54) is 24.3 Å². The van der Waals surface area contributed by atoms with Crippen LogP contribution >= 0.6 is 11.8 Å². The van der Waals surface area contributed by atoms with Gasteiger partial charge in [-0.1, -0.05) is 34.1 Å². The third kappa shape index (κ3) is 7.69. The third-order valence-electron chi connectivity index (χ3n) is 2.56. The predicted molar refractivity (Wildman–Crippen MR) is 69.1 cm³/mol. The topological polar surface area (TPSA) is 12.0 Å². The van der Waals surface area contributed by atoms with Crippen LogP contribution < -0.4 is 5.32 Å². The van der Waals surface area contributed by atoms with E-state index in [-0.39, 0.29) is 0 Å². The van der Waals surface area contributed by atoms with Gasteiger partial charge in [0.2, 0.25) is 0 Å². The minimum Gasteiger partial charge on any atom is -0.316 e. The van der Waals surface area contributed by atoms with Gasteiger partial charge in [-0.05, 0) is 31.1 Å². The van der Waals surface area contributed by atoms with E-state index in [2.05, 4.69) is 51.8 Å². The highest BCUT2D eigenvalue weighted by molar-refractivity contribution is 7.99. The van der Waals surface area contributed by atoms with Gasteiger partial charge in [0.25, 0.3) is 0 Å². The van der Waals surface area contributed by atoms with Crippen LogP contribution in [0.5, 0.6) is 0 Å². The van der Waals surface area contributed by atoms with E-state index in [1.54, 1.807) is 0 Å². The highest BCUT2D eigenvalue weighted by Gasteiger charge is 2.10. The summed E-state index contributed by atoms with van der Waals surface area (Å²) < 4.78 is 0. The molecule has 0 aromatic rings. The molecule has 0 saturated heterocycles. The zero-order valence-corrected chi connectivity index (χ0v) is 11.3. The van der Waals surface area contributed by atoms with Gasteiger partial charge in [0.1, 0.15) is 0 Å². The van der Waals surface area contributed by atoms with Gasteiger partial charge in [-0.15, -0.1) is 0 Å². The first-order chi connectivity index (χ1) is 6.60. The van der Waals surface area contributed by atoms with Crippen LogP contribution in [-0.2, 0) is 0 Å². The molecule has 0 amide bonds. The molecule has 0 fully saturated rings. The van der Waals surface area contributed by atoms with Crippen LogP contribution in [0.2, 0.25) is 0 Å². The van der Waals surface area contributed by atoms with Crippen LogP contribution in [-0.4, -0.2) is 24.6 Å². The van der Waals surface area contributed by atoms with Gasteiger partial charge in [-0.25, -0.2) is 0 Å². The summed E-state index contributed by atoms with van der Waals surface area (Å²) in [6.07, 6.45) is 2.62. The molecule has 0 aromatic carbocycles. The minimum absolute atomic E-state index is 0.702. The van der Waals surface area contributed by atoms with E-state index in [1.807, 2.05) is 0 Å². The Labute approximate surface area is 94.4 Å². The summed E-state index contributed by atoms with van der Waals surface area (Å²) in [6.45, 7) is 9.20. The first-order valence-electron chi connectivity index (χ1n) is 5.85. The van der Waals surface area contributed by atoms with E-state index in [4.69, 9.17) is 0 Å². The Morgan fingerprint density at radius 1 is 1.14 bits per heavy atom. The summed E-state index contributed by atoms with van der Waals surface area (Å²) in [7, 11) is 2.09. The summed E-state index contributed by atoms with van der Waals surface area (Å²) in [4.78, 5) is 0. The van der Waals surface area contributed by atoms with Crippen molar-refractivity contribution < 1.29 is 0 Å². The summed E-state index contributed by atoms with van der Waals surface area (Å²) >= 11 is 2.08. The van der Waals surface area contributed by atoms with Crippen LogP contribution in [0.25, 0.3) is 0 Å². The number of hydrogen-bond donors (Lipinski definition) is 1. The van der Waals surface area contributed by atoms with Crippen molar-refractivity contribution in [2.45, 2.75) is 46.6 Å². The molecular weight excluding hydrogens is 190 g/mol. The second-order valence-electron chi connectivity index (χ2n) is 4.67. The Morgan fingerprint density at radius 3 is 2.21 bits per heavy atom. The molecule has 2 heteroatoms. The fraction of sp³-hybridized carbons (Fsp3) is 1.00. The molecular formula is C12H27NS. The van der Waals surface area contributed by atoms with Crippen molar-refractivity contribution in [3.8, 4) is 0 Å². The van der Waals surface area contributed by atoms with Gasteiger partial charge in [-0.3, -0.25) is 0 Å². The van der Waals surface area contributed by atoms with E-state index in [9.17, 15) is 0 Å². The highest BCUT2D eigenvalue weighted by Crippen LogP contribution is 2.15. The van der Waals surface area contributed by atoms with Crippen molar-refractivity contribution in [1.29, 1.82) is 0 Å². The molecule has 0 aromatic heterocycles. The standard InChI is InChI=1S/C12H27NS/c1-6-11(4)7-12(13-5)9-14-8-10(2)3/h10-13H,6-9H2,1-5H3. The van der Waals surface area contributed by atoms with Crippen molar-refractivity contribution in [3.63, 3.8) is 0 Å². The van der Waals surface area contributed by atoms with Gasteiger partial charge in [0, 0.05) is 11.8 Å². The van der Waals surface area contributed by atoms with Crippen molar-refractivity contribution in [2.24, 2.45) is 11.8 Å². The molecule has 1 nitrogen and oxygen atoms in total. The Kier molecular flexibility index (Phi) is 8.80. The fourth-order valence-electron chi connectivity index (χ4n) is 1.37. The van der Waals surface area contributed by atoms with E-state index < -0.39 is 0 Å². The molecule has 0 aliphatic rings. The molecule has 0 aliphatic heterocycles. The lowest BCUT2D eigenvalue weighted by atomic mass is 10.0. The van der Waals surface area contributed by atoms with E-state index in [0.717, 1.165) is 11.8 Å². The second kappa shape index (κ2) is 8.60. The summed E-state index contributed by atoms with van der Waals surface area (Å²) in [5.74, 6) is 4.23. The molecule has 0 bridgehead atoms. The number of rotatable bonds is 8. The van der Waals surface area contributed by atoms with Crippen LogP contribution in [0.1, 0.15) is 40.5 Å². The first-order valence-corrected chi connectivity index (χ1v) is 7.00. The van der Waals surface area contributed by atoms with Crippen molar-refractivity contribution in [1.82, 2.24) is 5.32 Å². The van der Waals surface area contributed by atoms with Gasteiger partial charge in [-0.2, -0.15) is 11.8 Å². The average molecular weight is 217 g/mol. The second-order valence-corrected chi connectivity index (χ2v) is 5.74. The van der Waals surface area contributed by atoms with Crippen LogP contribution in [0.4, 0.5) is 0 Å². The Hall–Kier alpha value is 0.310. The fourth-order valence-corrected chi connectivity index (χ4v) is 2.56. The Balaban J connectivity index is 3.57. The van der Waals surface area contributed by atoms with Gasteiger partial charge < -0.3 is 5.32 Å². The maximum Gasteiger partial charge on any atom is 0.0157 e. The molecule has 0 spiro atoms. The Bertz CT molecular complexity index is 125. The quantitative estimate of drug-likeness (QED) is 0.669. The molecule has 14 heavy (non-hydrogen) atoms. The molecule has 2 unspecified atom stereocenters. The molecule has 0 saturated carbocycles. The molecule has 1 N–H and O–H groups in total. The minimum atomic E-state index is 0.702. The molecule has 0 heterocycles. The Morgan fingerprint density at radius 2 is 1.79 bits per heavy atom. The number of thioether (sulfide) groups is 1. The lowest BCUT2D eigenvalue weighted by molar-refractivity contribution is 0.436. The third-order valence-corrected chi connectivity index (χ3v) is 4.10. The smallest absolute Gasteiger partial charge is 0.0157 e.